The average molecular weight is 221 g/mol. The van der Waals surface area contributed by atoms with Gasteiger partial charge in [-0.1, -0.05) is 43.7 Å². The predicted octanol–water partition coefficient (Wildman–Crippen LogP) is 2.75. The van der Waals surface area contributed by atoms with Crippen molar-refractivity contribution in [2.24, 2.45) is 5.92 Å². The van der Waals surface area contributed by atoms with Gasteiger partial charge in [0, 0.05) is 12.6 Å². The van der Waals surface area contributed by atoms with Gasteiger partial charge in [-0.05, 0) is 31.4 Å². The summed E-state index contributed by atoms with van der Waals surface area (Å²) < 4.78 is 0. The highest BCUT2D eigenvalue weighted by molar-refractivity contribution is 5.17. The first-order valence-corrected chi connectivity index (χ1v) is 6.17. The Bertz CT molecular complexity index is 273. The molecular weight excluding hydrogens is 198 g/mol. The van der Waals surface area contributed by atoms with Gasteiger partial charge in [-0.3, -0.25) is 0 Å². The van der Waals surface area contributed by atoms with E-state index >= 15 is 0 Å². The average Bonchev–Trinajstić information content (AvgIpc) is 2.35. The number of rotatable bonds is 7. The van der Waals surface area contributed by atoms with Crippen molar-refractivity contribution in [3.8, 4) is 0 Å². The first kappa shape index (κ1) is 13.2. The lowest BCUT2D eigenvalue weighted by Gasteiger charge is -2.19. The lowest BCUT2D eigenvalue weighted by molar-refractivity contribution is 0.249. The molecule has 0 heterocycles. The zero-order valence-corrected chi connectivity index (χ0v) is 10.3. The van der Waals surface area contributed by atoms with Crippen LogP contribution in [0, 0.1) is 5.92 Å². The topological polar surface area (TPSA) is 32.3 Å². The van der Waals surface area contributed by atoms with Gasteiger partial charge >= 0.3 is 0 Å². The SMILES string of the molecule is CCC(CCO)CNC(C)c1ccccc1. The van der Waals surface area contributed by atoms with Crippen LogP contribution in [-0.4, -0.2) is 18.3 Å². The fraction of sp³-hybridized carbons (Fsp3) is 0.571. The van der Waals surface area contributed by atoms with Gasteiger partial charge in [-0.25, -0.2) is 0 Å². The van der Waals surface area contributed by atoms with E-state index in [1.165, 1.54) is 5.56 Å². The van der Waals surface area contributed by atoms with E-state index in [2.05, 4.69) is 43.4 Å². The van der Waals surface area contributed by atoms with E-state index in [0.717, 1.165) is 19.4 Å². The van der Waals surface area contributed by atoms with Gasteiger partial charge in [0.2, 0.25) is 0 Å². The quantitative estimate of drug-likeness (QED) is 0.742. The van der Waals surface area contributed by atoms with Gasteiger partial charge < -0.3 is 10.4 Å². The molecule has 2 nitrogen and oxygen atoms in total. The summed E-state index contributed by atoms with van der Waals surface area (Å²) in [6.45, 7) is 5.63. The summed E-state index contributed by atoms with van der Waals surface area (Å²) in [6.07, 6.45) is 2.01. The molecule has 16 heavy (non-hydrogen) atoms. The molecule has 1 rings (SSSR count). The molecule has 0 radical (unpaired) electrons. The third-order valence-electron chi connectivity index (χ3n) is 3.13. The Kier molecular flexibility index (Phi) is 6.12. The fourth-order valence-electron chi connectivity index (χ4n) is 1.84. The van der Waals surface area contributed by atoms with Crippen molar-refractivity contribution in [2.45, 2.75) is 32.7 Å². The number of hydrogen-bond acceptors (Lipinski definition) is 2. The van der Waals surface area contributed by atoms with Crippen LogP contribution in [-0.2, 0) is 0 Å². The van der Waals surface area contributed by atoms with Crippen molar-refractivity contribution in [3.05, 3.63) is 35.9 Å². The van der Waals surface area contributed by atoms with Crippen molar-refractivity contribution >= 4 is 0 Å². The van der Waals surface area contributed by atoms with Crippen molar-refractivity contribution in [1.82, 2.24) is 5.32 Å². The molecule has 1 aromatic rings. The monoisotopic (exact) mass is 221 g/mol. The number of aliphatic hydroxyl groups is 1. The Labute approximate surface area is 98.7 Å². The first-order chi connectivity index (χ1) is 7.77. The summed E-state index contributed by atoms with van der Waals surface area (Å²) in [5.74, 6) is 0.580. The second-order valence-corrected chi connectivity index (χ2v) is 4.33. The predicted molar refractivity (Wildman–Crippen MR) is 68.3 cm³/mol. The van der Waals surface area contributed by atoms with Gasteiger partial charge in [0.1, 0.15) is 0 Å². The molecule has 0 saturated carbocycles. The summed E-state index contributed by atoms with van der Waals surface area (Å²) in [5.41, 5.74) is 1.32. The molecule has 1 aromatic carbocycles. The van der Waals surface area contributed by atoms with Crippen LogP contribution in [0.2, 0.25) is 0 Å². The van der Waals surface area contributed by atoms with Gasteiger partial charge in [0.15, 0.2) is 0 Å². The van der Waals surface area contributed by atoms with Crippen LogP contribution >= 0.6 is 0 Å². The molecule has 2 unspecified atom stereocenters. The third kappa shape index (κ3) is 4.33. The summed E-state index contributed by atoms with van der Waals surface area (Å²) in [6, 6.07) is 10.8. The number of benzene rings is 1. The summed E-state index contributed by atoms with van der Waals surface area (Å²) in [5, 5.41) is 12.4. The van der Waals surface area contributed by atoms with Crippen LogP contribution in [0.15, 0.2) is 30.3 Å². The van der Waals surface area contributed by atoms with Crippen molar-refractivity contribution in [3.63, 3.8) is 0 Å². The maximum Gasteiger partial charge on any atom is 0.0434 e. The molecule has 0 saturated heterocycles. The first-order valence-electron chi connectivity index (χ1n) is 6.17. The maximum atomic E-state index is 8.92. The molecule has 0 aliphatic carbocycles. The van der Waals surface area contributed by atoms with E-state index in [9.17, 15) is 0 Å². The van der Waals surface area contributed by atoms with Crippen LogP contribution in [0.3, 0.4) is 0 Å². The van der Waals surface area contributed by atoms with E-state index in [0.29, 0.717) is 18.6 Å². The van der Waals surface area contributed by atoms with Crippen LogP contribution in [0.4, 0.5) is 0 Å². The van der Waals surface area contributed by atoms with E-state index in [1.54, 1.807) is 0 Å². The molecule has 0 bridgehead atoms. The molecule has 0 aromatic heterocycles. The van der Waals surface area contributed by atoms with Crippen molar-refractivity contribution < 1.29 is 5.11 Å². The zero-order chi connectivity index (χ0) is 11.8. The molecule has 2 N–H and O–H groups in total. The number of hydrogen-bond donors (Lipinski definition) is 2. The highest BCUT2D eigenvalue weighted by Gasteiger charge is 2.08. The lowest BCUT2D eigenvalue weighted by Crippen LogP contribution is -2.26. The molecule has 0 amide bonds. The molecule has 0 spiro atoms. The third-order valence-corrected chi connectivity index (χ3v) is 3.13. The van der Waals surface area contributed by atoms with Crippen molar-refractivity contribution in [2.75, 3.05) is 13.2 Å². The fourth-order valence-corrected chi connectivity index (χ4v) is 1.84. The van der Waals surface area contributed by atoms with Crippen LogP contribution < -0.4 is 5.32 Å². The molecule has 2 heteroatoms. The minimum absolute atomic E-state index is 0.292. The van der Waals surface area contributed by atoms with Gasteiger partial charge in [0.05, 0.1) is 0 Å². The van der Waals surface area contributed by atoms with Crippen LogP contribution in [0.5, 0.6) is 0 Å². The maximum absolute atomic E-state index is 8.92. The number of aliphatic hydroxyl groups excluding tert-OH is 1. The Morgan fingerprint density at radius 1 is 1.25 bits per heavy atom. The molecule has 90 valence electrons. The molecule has 0 fully saturated rings. The summed E-state index contributed by atoms with van der Waals surface area (Å²) in [4.78, 5) is 0. The van der Waals surface area contributed by atoms with Crippen molar-refractivity contribution in [1.29, 1.82) is 0 Å². The lowest BCUT2D eigenvalue weighted by atomic mass is 10.0. The largest absolute Gasteiger partial charge is 0.396 e. The number of nitrogens with one attached hydrogen (secondary N) is 1. The van der Waals surface area contributed by atoms with E-state index < -0.39 is 0 Å². The Morgan fingerprint density at radius 2 is 1.94 bits per heavy atom. The zero-order valence-electron chi connectivity index (χ0n) is 10.3. The van der Waals surface area contributed by atoms with Gasteiger partial charge in [0.25, 0.3) is 0 Å². The van der Waals surface area contributed by atoms with E-state index in [-0.39, 0.29) is 0 Å². The molecular formula is C14H23NO. The molecule has 2 atom stereocenters. The summed E-state index contributed by atoms with van der Waals surface area (Å²) >= 11 is 0. The second-order valence-electron chi connectivity index (χ2n) is 4.33. The Morgan fingerprint density at radius 3 is 2.50 bits per heavy atom. The molecule has 0 aliphatic heterocycles. The molecule has 0 aliphatic rings. The second kappa shape index (κ2) is 7.42. The van der Waals surface area contributed by atoms with Crippen LogP contribution in [0.1, 0.15) is 38.3 Å². The highest BCUT2D eigenvalue weighted by atomic mass is 16.3. The standard InChI is InChI=1S/C14H23NO/c1-3-13(9-10-16)11-15-12(2)14-7-5-4-6-8-14/h4-8,12-13,15-16H,3,9-11H2,1-2H3. The minimum Gasteiger partial charge on any atom is -0.396 e. The van der Waals surface area contributed by atoms with E-state index in [4.69, 9.17) is 5.11 Å². The van der Waals surface area contributed by atoms with Gasteiger partial charge in [-0.15, -0.1) is 0 Å². The highest BCUT2D eigenvalue weighted by Crippen LogP contribution is 2.13. The van der Waals surface area contributed by atoms with Gasteiger partial charge in [-0.2, -0.15) is 0 Å². The Balaban J connectivity index is 2.37. The smallest absolute Gasteiger partial charge is 0.0434 e. The summed E-state index contributed by atoms with van der Waals surface area (Å²) in [7, 11) is 0. The van der Waals surface area contributed by atoms with E-state index in [1.807, 2.05) is 6.07 Å². The van der Waals surface area contributed by atoms with Crippen LogP contribution in [0.25, 0.3) is 0 Å². The Hall–Kier alpha value is -0.860. The normalized spacial score (nSPS) is 14.7. The minimum atomic E-state index is 0.292.